The fourth-order valence-electron chi connectivity index (χ4n) is 2.29. The molecule has 17 heavy (non-hydrogen) atoms. The zero-order chi connectivity index (χ0) is 12.0. The minimum Gasteiger partial charge on any atom is -0.331 e. The van der Waals surface area contributed by atoms with Crippen molar-refractivity contribution >= 4 is 23.3 Å². The van der Waals surface area contributed by atoms with Crippen LogP contribution >= 0.6 is 12.2 Å². The fourth-order valence-corrected chi connectivity index (χ4v) is 2.57. The summed E-state index contributed by atoms with van der Waals surface area (Å²) in [6.07, 6.45) is 1.28. The second-order valence-corrected chi connectivity index (χ2v) is 5.24. The van der Waals surface area contributed by atoms with Gasteiger partial charge in [-0.3, -0.25) is 0 Å². The van der Waals surface area contributed by atoms with E-state index in [0.29, 0.717) is 5.56 Å². The van der Waals surface area contributed by atoms with Gasteiger partial charge in [0.15, 0.2) is 4.77 Å². The number of nitriles is 1. The van der Waals surface area contributed by atoms with Gasteiger partial charge in [0, 0.05) is 6.54 Å². The molecule has 1 aromatic carbocycles. The van der Waals surface area contributed by atoms with Crippen LogP contribution < -0.4 is 0 Å². The van der Waals surface area contributed by atoms with Crippen LogP contribution in [0.15, 0.2) is 18.2 Å². The van der Waals surface area contributed by atoms with Crippen LogP contribution in [-0.4, -0.2) is 9.55 Å². The van der Waals surface area contributed by atoms with Gasteiger partial charge in [-0.2, -0.15) is 5.26 Å². The molecule has 4 heteroatoms. The Labute approximate surface area is 105 Å². The van der Waals surface area contributed by atoms with E-state index in [4.69, 9.17) is 17.5 Å². The summed E-state index contributed by atoms with van der Waals surface area (Å²) in [5, 5.41) is 8.94. The number of aromatic nitrogens is 2. The average Bonchev–Trinajstić information content (AvgIpc) is 2.93. The molecule has 1 aromatic heterocycles. The monoisotopic (exact) mass is 243 g/mol. The molecule has 1 aliphatic carbocycles. The van der Waals surface area contributed by atoms with Crippen molar-refractivity contribution in [3.05, 3.63) is 28.5 Å². The first-order valence-electron chi connectivity index (χ1n) is 5.81. The lowest BCUT2D eigenvalue weighted by Crippen LogP contribution is -2.00. The number of aromatic amines is 1. The lowest BCUT2D eigenvalue weighted by atomic mass is 10.2. The van der Waals surface area contributed by atoms with Crippen LogP contribution in [0.5, 0.6) is 0 Å². The van der Waals surface area contributed by atoms with Gasteiger partial charge in [0.2, 0.25) is 0 Å². The summed E-state index contributed by atoms with van der Waals surface area (Å²) in [7, 11) is 0. The number of H-pyrrole nitrogens is 1. The Morgan fingerprint density at radius 2 is 2.35 bits per heavy atom. The molecule has 0 radical (unpaired) electrons. The van der Waals surface area contributed by atoms with Gasteiger partial charge < -0.3 is 9.55 Å². The van der Waals surface area contributed by atoms with Crippen LogP contribution in [0, 0.1) is 27.9 Å². The third-order valence-electron chi connectivity index (χ3n) is 3.60. The fraction of sp³-hybridized carbons (Fsp3) is 0.385. The van der Waals surface area contributed by atoms with Crippen LogP contribution in [0.1, 0.15) is 18.9 Å². The molecule has 0 amide bonds. The highest BCUT2D eigenvalue weighted by Crippen LogP contribution is 2.39. The molecule has 3 rings (SSSR count). The number of nitrogens with zero attached hydrogens (tertiary/aromatic N) is 2. The average molecular weight is 243 g/mol. The summed E-state index contributed by atoms with van der Waals surface area (Å²) in [5.41, 5.74) is 2.75. The Morgan fingerprint density at radius 3 is 3.00 bits per heavy atom. The maximum atomic E-state index is 8.94. The van der Waals surface area contributed by atoms with Gasteiger partial charge in [0.05, 0.1) is 22.7 Å². The van der Waals surface area contributed by atoms with Gasteiger partial charge >= 0.3 is 0 Å². The van der Waals surface area contributed by atoms with Crippen molar-refractivity contribution in [2.75, 3.05) is 0 Å². The molecule has 1 N–H and O–H groups in total. The molecule has 2 unspecified atom stereocenters. The number of benzene rings is 1. The summed E-state index contributed by atoms with van der Waals surface area (Å²) in [6, 6.07) is 7.83. The predicted octanol–water partition coefficient (Wildman–Crippen LogP) is 3.23. The van der Waals surface area contributed by atoms with E-state index in [1.807, 2.05) is 18.2 Å². The Balaban J connectivity index is 2.12. The molecule has 0 aliphatic heterocycles. The zero-order valence-corrected chi connectivity index (χ0v) is 10.4. The number of hydrogen-bond donors (Lipinski definition) is 1. The Hall–Kier alpha value is -1.60. The first kappa shape index (κ1) is 10.5. The molecule has 3 nitrogen and oxygen atoms in total. The Bertz CT molecular complexity index is 674. The zero-order valence-electron chi connectivity index (χ0n) is 9.60. The SMILES string of the molecule is CC1CC1Cn1c(=S)[nH]c2ccc(C#N)cc21. The van der Waals surface area contributed by atoms with Crippen LogP contribution in [0.3, 0.4) is 0 Å². The highest BCUT2D eigenvalue weighted by atomic mass is 32.1. The van der Waals surface area contributed by atoms with Gasteiger partial charge in [0.25, 0.3) is 0 Å². The van der Waals surface area contributed by atoms with Crippen LogP contribution in [-0.2, 0) is 6.54 Å². The standard InChI is InChI=1S/C13H13N3S/c1-8-4-10(8)7-16-12-5-9(6-14)2-3-11(12)15-13(16)17/h2-3,5,8,10H,4,7H2,1H3,(H,15,17). The van der Waals surface area contributed by atoms with Crippen molar-refractivity contribution in [3.63, 3.8) is 0 Å². The minimum absolute atomic E-state index is 0.684. The molecule has 1 heterocycles. The summed E-state index contributed by atoms with van der Waals surface area (Å²) >= 11 is 5.34. The first-order valence-corrected chi connectivity index (χ1v) is 6.22. The molecule has 1 saturated carbocycles. The van der Waals surface area contributed by atoms with E-state index in [-0.39, 0.29) is 0 Å². The number of nitrogens with one attached hydrogen (secondary N) is 1. The smallest absolute Gasteiger partial charge is 0.178 e. The molecule has 1 fully saturated rings. The summed E-state index contributed by atoms with van der Waals surface area (Å²) in [6.45, 7) is 3.23. The van der Waals surface area contributed by atoms with Gasteiger partial charge in [-0.1, -0.05) is 6.92 Å². The van der Waals surface area contributed by atoms with Crippen molar-refractivity contribution in [1.29, 1.82) is 5.26 Å². The lowest BCUT2D eigenvalue weighted by molar-refractivity contribution is 0.600. The van der Waals surface area contributed by atoms with Gasteiger partial charge in [-0.15, -0.1) is 0 Å². The topological polar surface area (TPSA) is 44.5 Å². The highest BCUT2D eigenvalue weighted by Gasteiger charge is 2.33. The number of fused-ring (bicyclic) bond motifs is 1. The minimum atomic E-state index is 0.684. The molecule has 1 aliphatic rings. The maximum Gasteiger partial charge on any atom is 0.178 e. The van der Waals surface area contributed by atoms with Crippen molar-refractivity contribution in [3.8, 4) is 6.07 Å². The van der Waals surface area contributed by atoms with Crippen molar-refractivity contribution < 1.29 is 0 Å². The van der Waals surface area contributed by atoms with Crippen molar-refractivity contribution in [2.45, 2.75) is 19.9 Å². The van der Waals surface area contributed by atoms with Crippen LogP contribution in [0.4, 0.5) is 0 Å². The second-order valence-electron chi connectivity index (χ2n) is 4.86. The largest absolute Gasteiger partial charge is 0.331 e. The van der Waals surface area contributed by atoms with E-state index in [9.17, 15) is 0 Å². The molecule has 0 saturated heterocycles. The highest BCUT2D eigenvalue weighted by molar-refractivity contribution is 7.71. The summed E-state index contributed by atoms with van der Waals surface area (Å²) < 4.78 is 2.88. The van der Waals surface area contributed by atoms with Gasteiger partial charge in [0.1, 0.15) is 0 Å². The number of imidazole rings is 1. The van der Waals surface area contributed by atoms with E-state index in [0.717, 1.165) is 34.2 Å². The molecule has 0 spiro atoms. The molecule has 86 valence electrons. The number of rotatable bonds is 2. The van der Waals surface area contributed by atoms with E-state index in [1.54, 1.807) is 0 Å². The maximum absolute atomic E-state index is 8.94. The number of hydrogen-bond acceptors (Lipinski definition) is 2. The molecular formula is C13H13N3S. The molecule has 0 bridgehead atoms. The van der Waals surface area contributed by atoms with E-state index in [1.165, 1.54) is 6.42 Å². The normalized spacial score (nSPS) is 22.6. The third-order valence-corrected chi connectivity index (χ3v) is 3.92. The van der Waals surface area contributed by atoms with Crippen LogP contribution in [0.2, 0.25) is 0 Å². The van der Waals surface area contributed by atoms with Gasteiger partial charge in [-0.05, 0) is 48.7 Å². The molecular weight excluding hydrogens is 230 g/mol. The Kier molecular flexibility index (Phi) is 2.30. The van der Waals surface area contributed by atoms with Crippen molar-refractivity contribution in [1.82, 2.24) is 9.55 Å². The predicted molar refractivity (Wildman–Crippen MR) is 69.1 cm³/mol. The van der Waals surface area contributed by atoms with E-state index in [2.05, 4.69) is 22.5 Å². The van der Waals surface area contributed by atoms with Crippen molar-refractivity contribution in [2.24, 2.45) is 11.8 Å². The second kappa shape index (κ2) is 3.71. The lowest BCUT2D eigenvalue weighted by Gasteiger charge is -2.03. The molecule has 2 atom stereocenters. The first-order chi connectivity index (χ1) is 8.19. The quantitative estimate of drug-likeness (QED) is 0.823. The Morgan fingerprint density at radius 1 is 1.59 bits per heavy atom. The molecule has 2 aromatic rings. The van der Waals surface area contributed by atoms with Gasteiger partial charge in [-0.25, -0.2) is 0 Å². The van der Waals surface area contributed by atoms with E-state index < -0.39 is 0 Å². The summed E-state index contributed by atoms with van der Waals surface area (Å²) in [5.74, 6) is 1.55. The third kappa shape index (κ3) is 1.77. The summed E-state index contributed by atoms with van der Waals surface area (Å²) in [4.78, 5) is 3.19. The van der Waals surface area contributed by atoms with E-state index >= 15 is 0 Å². The van der Waals surface area contributed by atoms with Crippen LogP contribution in [0.25, 0.3) is 11.0 Å².